The fraction of sp³-hybridized carbons (Fsp3) is 0. The van der Waals surface area contributed by atoms with Gasteiger partial charge in [0.05, 0.1) is 33.5 Å². The zero-order valence-electron chi connectivity index (χ0n) is 17.2. The van der Waals surface area contributed by atoms with Crippen molar-refractivity contribution in [3.05, 3.63) is 109 Å². The molecule has 0 saturated carbocycles. The molecule has 32 heavy (non-hydrogen) atoms. The van der Waals surface area contributed by atoms with E-state index in [0.29, 0.717) is 0 Å². The monoisotopic (exact) mass is 410 g/mol. The third-order valence-corrected chi connectivity index (χ3v) is 6.15. The van der Waals surface area contributed by atoms with E-state index in [9.17, 15) is 0 Å². The standard InChI is InChI=1S/C28H18N4/c1-3-7-27-21(5-1)13-15-23-17-25(29-31(23)27)19-9-11-20(12-10-19)26-18-24-16-14-22-6-2-4-8-28(22)32(24)30-26/h1-18H. The highest BCUT2D eigenvalue weighted by Gasteiger charge is 2.10. The molecule has 0 saturated heterocycles. The van der Waals surface area contributed by atoms with E-state index in [1.807, 2.05) is 9.03 Å². The smallest absolute Gasteiger partial charge is 0.0933 e. The number of para-hydroxylation sites is 2. The van der Waals surface area contributed by atoms with Crippen LogP contribution in [0.3, 0.4) is 0 Å². The molecule has 3 aromatic carbocycles. The Kier molecular flexibility index (Phi) is 3.52. The highest BCUT2D eigenvalue weighted by Crippen LogP contribution is 2.27. The highest BCUT2D eigenvalue weighted by atomic mass is 15.2. The summed E-state index contributed by atoms with van der Waals surface area (Å²) in [5.41, 5.74) is 8.54. The highest BCUT2D eigenvalue weighted by molar-refractivity contribution is 5.85. The van der Waals surface area contributed by atoms with Crippen molar-refractivity contribution < 1.29 is 0 Å². The fourth-order valence-electron chi connectivity index (χ4n) is 4.50. The van der Waals surface area contributed by atoms with Crippen LogP contribution < -0.4 is 0 Å². The topological polar surface area (TPSA) is 34.6 Å². The number of aromatic nitrogens is 4. The van der Waals surface area contributed by atoms with Gasteiger partial charge in [-0.3, -0.25) is 0 Å². The lowest BCUT2D eigenvalue weighted by Gasteiger charge is -2.01. The quantitative estimate of drug-likeness (QED) is 0.321. The molecule has 0 spiro atoms. The van der Waals surface area contributed by atoms with Gasteiger partial charge in [0.25, 0.3) is 0 Å². The van der Waals surface area contributed by atoms with E-state index in [2.05, 4.69) is 109 Å². The van der Waals surface area contributed by atoms with Crippen LogP contribution in [0.5, 0.6) is 0 Å². The predicted molar refractivity (Wildman–Crippen MR) is 130 cm³/mol. The first kappa shape index (κ1) is 17.3. The molecule has 0 N–H and O–H groups in total. The Morgan fingerprint density at radius 1 is 0.438 bits per heavy atom. The number of nitrogens with zero attached hydrogens (tertiary/aromatic N) is 4. The van der Waals surface area contributed by atoms with Crippen LogP contribution in [0.2, 0.25) is 0 Å². The first-order valence-electron chi connectivity index (χ1n) is 10.7. The minimum Gasteiger partial charge on any atom is -0.232 e. The van der Waals surface area contributed by atoms with E-state index in [-0.39, 0.29) is 0 Å². The zero-order valence-corrected chi connectivity index (χ0v) is 17.2. The van der Waals surface area contributed by atoms with E-state index in [0.717, 1.165) is 44.6 Å². The van der Waals surface area contributed by atoms with Crippen LogP contribution in [0.15, 0.2) is 109 Å². The maximum absolute atomic E-state index is 4.88. The normalized spacial score (nSPS) is 11.8. The summed E-state index contributed by atoms with van der Waals surface area (Å²) < 4.78 is 4.04. The maximum atomic E-state index is 4.88. The Labute approximate surface area is 184 Å². The summed E-state index contributed by atoms with van der Waals surface area (Å²) in [6, 6.07) is 38.0. The van der Waals surface area contributed by atoms with Gasteiger partial charge in [-0.25, -0.2) is 9.03 Å². The summed E-state index contributed by atoms with van der Waals surface area (Å²) >= 11 is 0. The van der Waals surface area contributed by atoms with Crippen molar-refractivity contribution in [2.75, 3.05) is 0 Å². The second kappa shape index (κ2) is 6.53. The van der Waals surface area contributed by atoms with Crippen molar-refractivity contribution in [2.24, 2.45) is 0 Å². The number of hydrogen-bond acceptors (Lipinski definition) is 2. The Hall–Kier alpha value is -4.44. The second-order valence-corrected chi connectivity index (χ2v) is 8.09. The largest absolute Gasteiger partial charge is 0.232 e. The van der Waals surface area contributed by atoms with Crippen LogP contribution in [0, 0.1) is 0 Å². The molecule has 0 aliphatic rings. The minimum absolute atomic E-state index is 0.967. The molecular formula is C28H18N4. The third kappa shape index (κ3) is 2.56. The van der Waals surface area contributed by atoms with E-state index in [1.54, 1.807) is 0 Å². The van der Waals surface area contributed by atoms with E-state index >= 15 is 0 Å². The molecule has 0 radical (unpaired) electrons. The molecule has 0 unspecified atom stereocenters. The molecular weight excluding hydrogens is 392 g/mol. The Balaban J connectivity index is 1.30. The zero-order chi connectivity index (χ0) is 21.1. The summed E-state index contributed by atoms with van der Waals surface area (Å²) in [6.07, 6.45) is 0. The number of fused-ring (bicyclic) bond motifs is 6. The van der Waals surface area contributed by atoms with E-state index in [1.165, 1.54) is 10.8 Å². The summed E-state index contributed by atoms with van der Waals surface area (Å²) in [4.78, 5) is 0. The summed E-state index contributed by atoms with van der Waals surface area (Å²) in [6.45, 7) is 0. The third-order valence-electron chi connectivity index (χ3n) is 6.15. The Bertz CT molecular complexity index is 1640. The van der Waals surface area contributed by atoms with Crippen LogP contribution in [0.4, 0.5) is 0 Å². The van der Waals surface area contributed by atoms with E-state index in [4.69, 9.17) is 10.2 Å². The molecule has 4 nitrogen and oxygen atoms in total. The lowest BCUT2D eigenvalue weighted by Crippen LogP contribution is -1.90. The number of rotatable bonds is 2. The van der Waals surface area contributed by atoms with Gasteiger partial charge in [0.15, 0.2) is 0 Å². The van der Waals surface area contributed by atoms with Crippen molar-refractivity contribution in [1.82, 2.24) is 19.2 Å². The molecule has 0 amide bonds. The number of benzene rings is 3. The lowest BCUT2D eigenvalue weighted by molar-refractivity contribution is 1.01. The van der Waals surface area contributed by atoms with Crippen molar-refractivity contribution >= 4 is 32.8 Å². The molecule has 150 valence electrons. The van der Waals surface area contributed by atoms with Crippen LogP contribution in [0.25, 0.3) is 55.4 Å². The molecule has 7 aromatic rings. The first-order valence-corrected chi connectivity index (χ1v) is 10.7. The molecule has 0 aliphatic carbocycles. The summed E-state index contributed by atoms with van der Waals surface area (Å²) in [7, 11) is 0. The van der Waals surface area contributed by atoms with Crippen molar-refractivity contribution in [3.63, 3.8) is 0 Å². The fourth-order valence-corrected chi connectivity index (χ4v) is 4.50. The number of hydrogen-bond donors (Lipinski definition) is 0. The molecule has 0 bridgehead atoms. The second-order valence-electron chi connectivity index (χ2n) is 8.09. The van der Waals surface area contributed by atoms with Crippen LogP contribution in [0.1, 0.15) is 0 Å². The van der Waals surface area contributed by atoms with Gasteiger partial charge >= 0.3 is 0 Å². The van der Waals surface area contributed by atoms with Gasteiger partial charge in [0.1, 0.15) is 0 Å². The van der Waals surface area contributed by atoms with Crippen molar-refractivity contribution in [2.45, 2.75) is 0 Å². The van der Waals surface area contributed by atoms with Gasteiger partial charge in [-0.05, 0) is 36.4 Å². The van der Waals surface area contributed by atoms with Crippen molar-refractivity contribution in [3.8, 4) is 22.5 Å². The average molecular weight is 410 g/mol. The molecule has 0 atom stereocenters. The molecule has 7 rings (SSSR count). The average Bonchev–Trinajstić information content (AvgIpc) is 3.49. The molecule has 4 aromatic heterocycles. The van der Waals surface area contributed by atoms with Gasteiger partial charge in [-0.2, -0.15) is 10.2 Å². The summed E-state index contributed by atoms with van der Waals surface area (Å²) in [5, 5.41) is 12.1. The van der Waals surface area contributed by atoms with Crippen LogP contribution >= 0.6 is 0 Å². The van der Waals surface area contributed by atoms with Crippen LogP contribution in [-0.4, -0.2) is 19.2 Å². The maximum Gasteiger partial charge on any atom is 0.0933 e. The van der Waals surface area contributed by atoms with Gasteiger partial charge in [0, 0.05) is 21.9 Å². The Morgan fingerprint density at radius 2 is 0.875 bits per heavy atom. The lowest BCUT2D eigenvalue weighted by atomic mass is 10.1. The molecule has 0 fully saturated rings. The number of pyridine rings is 2. The predicted octanol–water partition coefficient (Wildman–Crippen LogP) is 6.62. The molecule has 4 heterocycles. The minimum atomic E-state index is 0.967. The molecule has 0 aliphatic heterocycles. The van der Waals surface area contributed by atoms with Gasteiger partial charge in [-0.1, -0.05) is 72.8 Å². The van der Waals surface area contributed by atoms with Crippen LogP contribution in [-0.2, 0) is 0 Å². The summed E-state index contributed by atoms with van der Waals surface area (Å²) in [5.74, 6) is 0. The van der Waals surface area contributed by atoms with E-state index < -0.39 is 0 Å². The molecule has 4 heteroatoms. The van der Waals surface area contributed by atoms with Gasteiger partial charge in [0.2, 0.25) is 0 Å². The van der Waals surface area contributed by atoms with Gasteiger partial charge < -0.3 is 0 Å². The first-order chi connectivity index (χ1) is 15.8. The van der Waals surface area contributed by atoms with Crippen molar-refractivity contribution in [1.29, 1.82) is 0 Å². The Morgan fingerprint density at radius 3 is 1.34 bits per heavy atom. The van der Waals surface area contributed by atoms with Gasteiger partial charge in [-0.15, -0.1) is 0 Å². The SMILES string of the molecule is c1ccc2c(c1)ccc1cc(-c3ccc(-c4cc5ccc6ccccc6n5n4)cc3)nn12.